The molecule has 166 valence electrons. The van der Waals surface area contributed by atoms with Crippen molar-refractivity contribution in [1.29, 1.82) is 0 Å². The first kappa shape index (κ1) is 22.7. The van der Waals surface area contributed by atoms with Gasteiger partial charge in [0.25, 0.3) is 0 Å². The normalized spacial score (nSPS) is 16.4. The lowest BCUT2D eigenvalue weighted by Gasteiger charge is -2.23. The fourth-order valence-electron chi connectivity index (χ4n) is 3.98. The van der Waals surface area contributed by atoms with Crippen molar-refractivity contribution >= 4 is 10.0 Å². The first-order chi connectivity index (χ1) is 14.1. The maximum Gasteiger partial charge on any atom is 0.209 e. The Bertz CT molecular complexity index is 1000. The van der Waals surface area contributed by atoms with Crippen molar-refractivity contribution in [2.75, 3.05) is 26.5 Å². The number of benzene rings is 1. The highest BCUT2D eigenvalue weighted by molar-refractivity contribution is 7.88. The fraction of sp³-hybridized carbons (Fsp3) is 0.619. The van der Waals surface area contributed by atoms with Crippen molar-refractivity contribution in [2.24, 2.45) is 5.92 Å². The number of hydrogen-bond donors (Lipinski definition) is 1. The van der Waals surface area contributed by atoms with Crippen LogP contribution in [0, 0.1) is 19.8 Å². The predicted octanol–water partition coefficient (Wildman–Crippen LogP) is 2.21. The summed E-state index contributed by atoms with van der Waals surface area (Å²) in [5.41, 5.74) is 3.73. The molecule has 0 fully saturated rings. The van der Waals surface area contributed by atoms with E-state index in [9.17, 15) is 8.42 Å². The second-order valence-corrected chi connectivity index (χ2v) is 10.2. The van der Waals surface area contributed by atoms with E-state index in [0.29, 0.717) is 5.82 Å². The third-order valence-corrected chi connectivity index (χ3v) is 6.58. The average molecular weight is 436 g/mol. The van der Waals surface area contributed by atoms with E-state index in [4.69, 9.17) is 4.74 Å². The zero-order chi connectivity index (χ0) is 22.1. The summed E-state index contributed by atoms with van der Waals surface area (Å²) in [6, 6.07) is 3.79. The van der Waals surface area contributed by atoms with Crippen molar-refractivity contribution in [1.82, 2.24) is 24.4 Å². The summed E-state index contributed by atoms with van der Waals surface area (Å²) in [6.07, 6.45) is 1.97. The van der Waals surface area contributed by atoms with Crippen LogP contribution in [0.4, 0.5) is 0 Å². The maximum absolute atomic E-state index is 11.9. The van der Waals surface area contributed by atoms with E-state index in [1.807, 2.05) is 19.9 Å². The molecule has 1 aromatic carbocycles. The molecule has 30 heavy (non-hydrogen) atoms. The molecule has 0 bridgehead atoms. The third kappa shape index (κ3) is 5.01. The summed E-state index contributed by atoms with van der Waals surface area (Å²) in [6.45, 7) is 11.5. The summed E-state index contributed by atoms with van der Waals surface area (Å²) in [5.74, 6) is 2.60. The van der Waals surface area contributed by atoms with Crippen LogP contribution in [0.25, 0.3) is 0 Å². The van der Waals surface area contributed by atoms with Gasteiger partial charge in [-0.3, -0.25) is 4.90 Å². The number of rotatable bonds is 7. The van der Waals surface area contributed by atoms with Crippen molar-refractivity contribution in [3.05, 3.63) is 40.5 Å². The van der Waals surface area contributed by atoms with Crippen molar-refractivity contribution in [3.63, 3.8) is 0 Å². The van der Waals surface area contributed by atoms with Crippen LogP contribution in [0.15, 0.2) is 12.1 Å². The van der Waals surface area contributed by atoms with Crippen molar-refractivity contribution in [3.8, 4) is 5.75 Å². The van der Waals surface area contributed by atoms with E-state index >= 15 is 0 Å². The van der Waals surface area contributed by atoms with Crippen LogP contribution in [0.3, 0.4) is 0 Å². The molecule has 1 atom stereocenters. The SMILES string of the molecule is COc1ccc(CN2CCc3nnc(C(NS(C)(=O)=O)C(C)C)n3CC2)c(C)c1C. The van der Waals surface area contributed by atoms with Crippen molar-refractivity contribution in [2.45, 2.75) is 53.2 Å². The van der Waals surface area contributed by atoms with Gasteiger partial charge in [-0.05, 0) is 42.5 Å². The minimum Gasteiger partial charge on any atom is -0.496 e. The van der Waals surface area contributed by atoms with Crippen LogP contribution in [0.5, 0.6) is 5.75 Å². The number of aromatic nitrogens is 3. The van der Waals surface area contributed by atoms with Crippen LogP contribution in [0.1, 0.15) is 48.2 Å². The highest BCUT2D eigenvalue weighted by Crippen LogP contribution is 2.26. The molecule has 0 saturated heterocycles. The summed E-state index contributed by atoms with van der Waals surface area (Å²) in [5, 5.41) is 8.73. The molecule has 3 rings (SSSR count). The molecule has 2 heterocycles. The van der Waals surface area contributed by atoms with Crippen LogP contribution >= 0.6 is 0 Å². The number of methoxy groups -OCH3 is 1. The largest absolute Gasteiger partial charge is 0.496 e. The van der Waals surface area contributed by atoms with Gasteiger partial charge in [0.15, 0.2) is 5.82 Å². The Morgan fingerprint density at radius 1 is 1.13 bits per heavy atom. The number of sulfonamides is 1. The van der Waals surface area contributed by atoms with Gasteiger partial charge in [0, 0.05) is 32.6 Å². The Morgan fingerprint density at radius 2 is 1.87 bits per heavy atom. The molecule has 1 aliphatic heterocycles. The molecule has 2 aromatic rings. The zero-order valence-corrected chi connectivity index (χ0v) is 19.6. The predicted molar refractivity (Wildman–Crippen MR) is 117 cm³/mol. The molecule has 0 radical (unpaired) electrons. The first-order valence-corrected chi connectivity index (χ1v) is 12.2. The lowest BCUT2D eigenvalue weighted by atomic mass is 10.0. The summed E-state index contributed by atoms with van der Waals surface area (Å²) < 4.78 is 34.0. The highest BCUT2D eigenvalue weighted by atomic mass is 32.2. The molecule has 8 nitrogen and oxygen atoms in total. The van der Waals surface area contributed by atoms with Gasteiger partial charge in [-0.15, -0.1) is 10.2 Å². The second kappa shape index (κ2) is 9.03. The van der Waals surface area contributed by atoms with Gasteiger partial charge in [0.05, 0.1) is 19.4 Å². The Morgan fingerprint density at radius 3 is 2.50 bits per heavy atom. The number of nitrogens with one attached hydrogen (secondary N) is 1. The minimum absolute atomic E-state index is 0.0669. The van der Waals surface area contributed by atoms with Crippen molar-refractivity contribution < 1.29 is 13.2 Å². The quantitative estimate of drug-likeness (QED) is 0.717. The smallest absolute Gasteiger partial charge is 0.209 e. The van der Waals surface area contributed by atoms with Gasteiger partial charge in [-0.1, -0.05) is 19.9 Å². The molecule has 0 saturated carbocycles. The molecule has 9 heteroatoms. The van der Waals surface area contributed by atoms with Gasteiger partial charge in [-0.25, -0.2) is 13.1 Å². The lowest BCUT2D eigenvalue weighted by molar-refractivity contribution is 0.268. The minimum atomic E-state index is -3.35. The number of ether oxygens (including phenoxy) is 1. The Balaban J connectivity index is 1.78. The van der Waals surface area contributed by atoms with Crippen LogP contribution in [0.2, 0.25) is 0 Å². The fourth-order valence-corrected chi connectivity index (χ4v) is 4.82. The number of fused-ring (bicyclic) bond motifs is 1. The standard InChI is InChI=1S/C21H33N5O3S/c1-14(2)20(24-30(6,27)28)21-23-22-19-9-10-25(11-12-26(19)21)13-17-7-8-18(29-5)16(4)15(17)3/h7-8,14,20,24H,9-13H2,1-6H3. The van der Waals surface area contributed by atoms with Gasteiger partial charge in [0.1, 0.15) is 11.6 Å². The van der Waals surface area contributed by atoms with E-state index in [1.165, 1.54) is 22.9 Å². The van der Waals surface area contributed by atoms with Crippen LogP contribution < -0.4 is 9.46 Å². The monoisotopic (exact) mass is 435 g/mol. The van der Waals surface area contributed by atoms with E-state index in [1.54, 1.807) is 7.11 Å². The van der Waals surface area contributed by atoms with Crippen LogP contribution in [-0.4, -0.2) is 54.5 Å². The molecule has 0 spiro atoms. The van der Waals surface area contributed by atoms with Gasteiger partial charge in [0.2, 0.25) is 10.0 Å². The Kier molecular flexibility index (Phi) is 6.84. The number of nitrogens with zero attached hydrogens (tertiary/aromatic N) is 4. The van der Waals surface area contributed by atoms with Crippen LogP contribution in [-0.2, 0) is 29.5 Å². The lowest BCUT2D eigenvalue weighted by Crippen LogP contribution is -2.33. The average Bonchev–Trinajstić information content (AvgIpc) is 2.96. The molecule has 1 aliphatic rings. The summed E-state index contributed by atoms with van der Waals surface area (Å²) in [4.78, 5) is 2.42. The van der Waals surface area contributed by atoms with E-state index < -0.39 is 10.0 Å². The Hall–Kier alpha value is -1.97. The molecule has 1 aromatic heterocycles. The highest BCUT2D eigenvalue weighted by Gasteiger charge is 2.28. The molecule has 1 unspecified atom stereocenters. The molecule has 0 amide bonds. The topological polar surface area (TPSA) is 89.3 Å². The summed E-state index contributed by atoms with van der Waals surface area (Å²) in [7, 11) is -1.65. The second-order valence-electron chi connectivity index (χ2n) is 8.44. The number of hydrogen-bond acceptors (Lipinski definition) is 6. The Labute approximate surface area is 179 Å². The molecule has 1 N–H and O–H groups in total. The van der Waals surface area contributed by atoms with E-state index in [-0.39, 0.29) is 12.0 Å². The van der Waals surface area contributed by atoms with Gasteiger partial charge < -0.3 is 9.30 Å². The molecule has 0 aliphatic carbocycles. The van der Waals surface area contributed by atoms with E-state index in [2.05, 4.69) is 44.3 Å². The molecular formula is C21H33N5O3S. The zero-order valence-electron chi connectivity index (χ0n) is 18.8. The third-order valence-electron chi connectivity index (χ3n) is 5.90. The van der Waals surface area contributed by atoms with E-state index in [0.717, 1.165) is 44.2 Å². The van der Waals surface area contributed by atoms with Gasteiger partial charge >= 0.3 is 0 Å². The first-order valence-electron chi connectivity index (χ1n) is 10.4. The van der Waals surface area contributed by atoms with Gasteiger partial charge in [-0.2, -0.15) is 0 Å². The molecular weight excluding hydrogens is 402 g/mol. The maximum atomic E-state index is 11.9. The summed E-state index contributed by atoms with van der Waals surface area (Å²) >= 11 is 0.